The minimum absolute atomic E-state index is 0.0117. The molecule has 0 spiro atoms. The topological polar surface area (TPSA) is 100 Å². The number of hydrogen-bond donors (Lipinski definition) is 2. The minimum atomic E-state index is 0.0117. The number of anilines is 3. The van der Waals surface area contributed by atoms with Crippen molar-refractivity contribution in [1.82, 2.24) is 24.8 Å². The van der Waals surface area contributed by atoms with Gasteiger partial charge in [-0.3, -0.25) is 9.69 Å². The fourth-order valence-electron chi connectivity index (χ4n) is 4.37. The second kappa shape index (κ2) is 9.38. The van der Waals surface area contributed by atoms with E-state index in [9.17, 15) is 4.79 Å². The largest absolute Gasteiger partial charge is 0.368 e. The van der Waals surface area contributed by atoms with Crippen molar-refractivity contribution in [3.63, 3.8) is 0 Å². The molecule has 0 radical (unpaired) electrons. The van der Waals surface area contributed by atoms with Crippen molar-refractivity contribution in [2.24, 2.45) is 5.92 Å². The maximum atomic E-state index is 12.8. The summed E-state index contributed by atoms with van der Waals surface area (Å²) in [5.74, 6) is 1.80. The maximum Gasteiger partial charge on any atom is 0.232 e. The Labute approximate surface area is 177 Å². The van der Waals surface area contributed by atoms with Crippen molar-refractivity contribution >= 4 is 23.5 Å². The van der Waals surface area contributed by atoms with E-state index < -0.39 is 0 Å². The molecule has 160 valence electrons. The quantitative estimate of drug-likeness (QED) is 0.783. The number of amides is 1. The molecule has 2 fully saturated rings. The van der Waals surface area contributed by atoms with Gasteiger partial charge in [0, 0.05) is 24.7 Å². The molecule has 3 N–H and O–H groups in total. The monoisotopic (exact) mass is 409 g/mol. The van der Waals surface area contributed by atoms with Crippen LogP contribution in [-0.4, -0.2) is 56.8 Å². The highest BCUT2D eigenvalue weighted by atomic mass is 16.2. The van der Waals surface area contributed by atoms with Crippen LogP contribution in [0, 0.1) is 5.92 Å². The number of nitrogens with one attached hydrogen (secondary N) is 1. The zero-order valence-corrected chi connectivity index (χ0v) is 17.6. The van der Waals surface area contributed by atoms with Crippen molar-refractivity contribution < 1.29 is 4.79 Å². The molecule has 1 aromatic heterocycles. The summed E-state index contributed by atoms with van der Waals surface area (Å²) in [7, 11) is 0. The SMILES string of the molecule is CC(c1nc(N)nc(Nc2ccccc2)n1)N1CCC(C(=O)N2CCCCC2)CC1. The normalized spacial score (nSPS) is 19.4. The van der Waals surface area contributed by atoms with Gasteiger partial charge in [-0.15, -0.1) is 0 Å². The van der Waals surface area contributed by atoms with Gasteiger partial charge in [-0.1, -0.05) is 18.2 Å². The third kappa shape index (κ3) is 4.87. The molecule has 0 aliphatic carbocycles. The summed E-state index contributed by atoms with van der Waals surface area (Å²) in [6.07, 6.45) is 5.30. The number of likely N-dealkylation sites (tertiary alicyclic amines) is 2. The number of nitrogens with two attached hydrogens (primary N) is 1. The second-order valence-electron chi connectivity index (χ2n) is 8.24. The van der Waals surface area contributed by atoms with Gasteiger partial charge in [0.2, 0.25) is 17.8 Å². The van der Waals surface area contributed by atoms with Crippen molar-refractivity contribution in [2.45, 2.75) is 45.1 Å². The molecule has 8 heteroatoms. The van der Waals surface area contributed by atoms with E-state index in [1.165, 1.54) is 6.42 Å². The van der Waals surface area contributed by atoms with Gasteiger partial charge >= 0.3 is 0 Å². The van der Waals surface area contributed by atoms with Crippen LogP contribution in [0.25, 0.3) is 0 Å². The summed E-state index contributed by atoms with van der Waals surface area (Å²) < 4.78 is 0. The molecular weight excluding hydrogens is 378 g/mol. The smallest absolute Gasteiger partial charge is 0.232 e. The van der Waals surface area contributed by atoms with E-state index in [0.29, 0.717) is 17.7 Å². The number of para-hydroxylation sites is 1. The summed E-state index contributed by atoms with van der Waals surface area (Å²) in [5.41, 5.74) is 6.86. The average molecular weight is 410 g/mol. The summed E-state index contributed by atoms with van der Waals surface area (Å²) >= 11 is 0. The predicted octanol–water partition coefficient (Wildman–Crippen LogP) is 2.98. The van der Waals surface area contributed by atoms with Crippen LogP contribution in [0.15, 0.2) is 30.3 Å². The molecule has 8 nitrogen and oxygen atoms in total. The van der Waals surface area contributed by atoms with Gasteiger partial charge in [-0.25, -0.2) is 0 Å². The Balaban J connectivity index is 1.38. The highest BCUT2D eigenvalue weighted by Gasteiger charge is 2.31. The number of hydrogen-bond acceptors (Lipinski definition) is 7. The number of carbonyl (C=O) groups is 1. The molecule has 3 heterocycles. The number of benzene rings is 1. The number of nitrogen functional groups attached to an aromatic ring is 1. The van der Waals surface area contributed by atoms with E-state index in [1.54, 1.807) is 0 Å². The third-order valence-electron chi connectivity index (χ3n) is 6.17. The maximum absolute atomic E-state index is 12.8. The van der Waals surface area contributed by atoms with Gasteiger partial charge in [0.05, 0.1) is 6.04 Å². The standard InChI is InChI=1S/C22H31N7O/c1-16(19-25-21(23)27-22(26-19)24-18-8-4-2-5-9-18)28-14-10-17(11-15-28)20(30)29-12-6-3-7-13-29/h2,4-5,8-9,16-17H,3,6-7,10-15H2,1H3,(H3,23,24,25,26,27). The van der Waals surface area contributed by atoms with Gasteiger partial charge in [-0.2, -0.15) is 15.0 Å². The highest BCUT2D eigenvalue weighted by molar-refractivity contribution is 5.79. The fraction of sp³-hybridized carbons (Fsp3) is 0.545. The van der Waals surface area contributed by atoms with Crippen LogP contribution in [-0.2, 0) is 4.79 Å². The molecule has 2 aromatic rings. The van der Waals surface area contributed by atoms with E-state index >= 15 is 0 Å². The lowest BCUT2D eigenvalue weighted by Crippen LogP contribution is -2.45. The van der Waals surface area contributed by atoms with Crippen molar-refractivity contribution in [3.05, 3.63) is 36.2 Å². The molecule has 2 aliphatic heterocycles. The van der Waals surface area contributed by atoms with Gasteiger partial charge in [0.25, 0.3) is 0 Å². The first-order valence-corrected chi connectivity index (χ1v) is 11.0. The van der Waals surface area contributed by atoms with Gasteiger partial charge in [-0.05, 0) is 64.3 Å². The predicted molar refractivity (Wildman–Crippen MR) is 117 cm³/mol. The number of nitrogens with zero attached hydrogens (tertiary/aromatic N) is 5. The Morgan fingerprint density at radius 3 is 2.43 bits per heavy atom. The molecule has 1 aromatic carbocycles. The molecular formula is C22H31N7O. The lowest BCUT2D eigenvalue weighted by atomic mass is 9.93. The van der Waals surface area contributed by atoms with Crippen molar-refractivity contribution in [3.8, 4) is 0 Å². The van der Waals surface area contributed by atoms with Crippen molar-refractivity contribution in [1.29, 1.82) is 0 Å². The first-order valence-electron chi connectivity index (χ1n) is 11.0. The highest BCUT2D eigenvalue weighted by Crippen LogP contribution is 2.27. The molecule has 30 heavy (non-hydrogen) atoms. The van der Waals surface area contributed by atoms with Gasteiger partial charge < -0.3 is 16.0 Å². The van der Waals surface area contributed by atoms with Gasteiger partial charge in [0.1, 0.15) is 0 Å². The van der Waals surface area contributed by atoms with Crippen LogP contribution in [0.2, 0.25) is 0 Å². The summed E-state index contributed by atoms with van der Waals surface area (Å²) in [6.45, 7) is 5.66. The zero-order chi connectivity index (χ0) is 20.9. The van der Waals surface area contributed by atoms with Crippen LogP contribution in [0.4, 0.5) is 17.6 Å². The number of piperidine rings is 2. The number of rotatable bonds is 5. The van der Waals surface area contributed by atoms with E-state index in [0.717, 1.165) is 57.5 Å². The van der Waals surface area contributed by atoms with E-state index in [4.69, 9.17) is 5.73 Å². The summed E-state index contributed by atoms with van der Waals surface area (Å²) in [6, 6.07) is 9.77. The van der Waals surface area contributed by atoms with E-state index in [-0.39, 0.29) is 17.9 Å². The molecule has 0 bridgehead atoms. The van der Waals surface area contributed by atoms with E-state index in [2.05, 4.69) is 37.0 Å². The molecule has 1 amide bonds. The van der Waals surface area contributed by atoms with Crippen LogP contribution in [0.1, 0.15) is 50.9 Å². The first kappa shape index (κ1) is 20.5. The summed E-state index contributed by atoms with van der Waals surface area (Å²) in [5, 5.41) is 3.19. The Kier molecular flexibility index (Phi) is 6.42. The molecule has 1 atom stereocenters. The number of carbonyl (C=O) groups excluding carboxylic acids is 1. The molecule has 2 saturated heterocycles. The molecule has 2 aliphatic rings. The van der Waals surface area contributed by atoms with Crippen LogP contribution < -0.4 is 11.1 Å². The van der Waals surface area contributed by atoms with E-state index in [1.807, 2.05) is 30.3 Å². The van der Waals surface area contributed by atoms with Crippen LogP contribution in [0.5, 0.6) is 0 Å². The summed E-state index contributed by atoms with van der Waals surface area (Å²) in [4.78, 5) is 30.4. The van der Waals surface area contributed by atoms with Gasteiger partial charge in [0.15, 0.2) is 5.82 Å². The lowest BCUT2D eigenvalue weighted by Gasteiger charge is -2.37. The van der Waals surface area contributed by atoms with Crippen LogP contribution >= 0.6 is 0 Å². The Morgan fingerprint density at radius 2 is 1.73 bits per heavy atom. The Hall–Kier alpha value is -2.74. The average Bonchev–Trinajstić information content (AvgIpc) is 2.79. The fourth-order valence-corrected chi connectivity index (χ4v) is 4.37. The zero-order valence-electron chi connectivity index (χ0n) is 17.6. The minimum Gasteiger partial charge on any atom is -0.368 e. The lowest BCUT2D eigenvalue weighted by molar-refractivity contribution is -0.138. The molecule has 0 saturated carbocycles. The number of aromatic nitrogens is 3. The Bertz CT molecular complexity index is 846. The molecule has 4 rings (SSSR count). The first-order chi connectivity index (χ1) is 14.6. The third-order valence-corrected chi connectivity index (χ3v) is 6.17. The van der Waals surface area contributed by atoms with Crippen LogP contribution in [0.3, 0.4) is 0 Å². The van der Waals surface area contributed by atoms with Crippen molar-refractivity contribution in [2.75, 3.05) is 37.2 Å². The second-order valence-corrected chi connectivity index (χ2v) is 8.24. The molecule has 1 unspecified atom stereocenters. The Morgan fingerprint density at radius 1 is 1.03 bits per heavy atom.